The van der Waals surface area contributed by atoms with Gasteiger partial charge >= 0.3 is 0 Å². The number of pyridine rings is 1. The predicted molar refractivity (Wildman–Crippen MR) is 56.1 cm³/mol. The topological polar surface area (TPSA) is 56.0 Å². The van der Waals surface area contributed by atoms with Crippen LogP contribution in [0.2, 0.25) is 0 Å². The summed E-state index contributed by atoms with van der Waals surface area (Å²) in [6.07, 6.45) is 0.974. The third-order valence-electron chi connectivity index (χ3n) is 2.58. The molecule has 0 saturated carbocycles. The first kappa shape index (κ1) is 10.7. The summed E-state index contributed by atoms with van der Waals surface area (Å²) < 4.78 is 0. The molecule has 76 valence electrons. The molecule has 0 bridgehead atoms. The fraction of sp³-hybridized carbons (Fsp3) is 0.455. The van der Waals surface area contributed by atoms with E-state index in [1.165, 1.54) is 0 Å². The van der Waals surface area contributed by atoms with Crippen LogP contribution in [0, 0.1) is 0 Å². The van der Waals surface area contributed by atoms with Crippen molar-refractivity contribution in [2.24, 2.45) is 5.73 Å². The van der Waals surface area contributed by atoms with Crippen LogP contribution in [0.15, 0.2) is 18.2 Å². The molecule has 3 nitrogen and oxygen atoms in total. The van der Waals surface area contributed by atoms with Crippen molar-refractivity contribution in [1.29, 1.82) is 0 Å². The molecule has 0 atom stereocenters. The highest BCUT2D eigenvalue weighted by molar-refractivity contribution is 5.90. The lowest BCUT2D eigenvalue weighted by Gasteiger charge is -2.21. The zero-order chi connectivity index (χ0) is 10.8. The summed E-state index contributed by atoms with van der Waals surface area (Å²) in [6.45, 7) is 6.29. The van der Waals surface area contributed by atoms with E-state index >= 15 is 0 Å². The number of carbonyl (C=O) groups excluding carboxylic acids is 1. The first-order valence-corrected chi connectivity index (χ1v) is 4.74. The second-order valence-electron chi connectivity index (χ2n) is 4.01. The molecular weight excluding hydrogens is 176 g/mol. The minimum Gasteiger partial charge on any atom is -0.364 e. The van der Waals surface area contributed by atoms with Gasteiger partial charge in [-0.05, 0) is 18.6 Å². The van der Waals surface area contributed by atoms with Gasteiger partial charge in [0.25, 0.3) is 5.91 Å². The minimum absolute atomic E-state index is 0.00847. The summed E-state index contributed by atoms with van der Waals surface area (Å²) in [5, 5.41) is 0. The number of carbonyl (C=O) groups is 1. The summed E-state index contributed by atoms with van der Waals surface area (Å²) in [6, 6.07) is 5.38. The van der Waals surface area contributed by atoms with Crippen molar-refractivity contribution in [1.82, 2.24) is 4.98 Å². The molecule has 0 saturated heterocycles. The third kappa shape index (κ3) is 2.10. The van der Waals surface area contributed by atoms with E-state index in [0.717, 1.165) is 12.1 Å². The van der Waals surface area contributed by atoms with Crippen molar-refractivity contribution in [3.8, 4) is 0 Å². The zero-order valence-electron chi connectivity index (χ0n) is 8.87. The van der Waals surface area contributed by atoms with Gasteiger partial charge in [0.1, 0.15) is 5.69 Å². The van der Waals surface area contributed by atoms with Gasteiger partial charge in [0.05, 0.1) is 0 Å². The molecule has 3 heteroatoms. The number of nitrogens with two attached hydrogens (primary N) is 1. The number of hydrogen-bond acceptors (Lipinski definition) is 2. The van der Waals surface area contributed by atoms with Gasteiger partial charge < -0.3 is 5.73 Å². The zero-order valence-corrected chi connectivity index (χ0v) is 8.87. The molecule has 0 aromatic carbocycles. The Morgan fingerprint density at radius 3 is 2.64 bits per heavy atom. The normalized spacial score (nSPS) is 11.4. The Morgan fingerprint density at radius 2 is 2.14 bits per heavy atom. The maximum Gasteiger partial charge on any atom is 0.267 e. The fourth-order valence-electron chi connectivity index (χ4n) is 1.13. The van der Waals surface area contributed by atoms with Crippen LogP contribution in [0.3, 0.4) is 0 Å². The molecular formula is C11H16N2O. The highest BCUT2D eigenvalue weighted by Gasteiger charge is 2.20. The van der Waals surface area contributed by atoms with E-state index in [9.17, 15) is 4.79 Å². The van der Waals surface area contributed by atoms with Gasteiger partial charge in [-0.25, -0.2) is 4.98 Å². The fourth-order valence-corrected chi connectivity index (χ4v) is 1.13. The number of hydrogen-bond donors (Lipinski definition) is 1. The van der Waals surface area contributed by atoms with Gasteiger partial charge in [0.2, 0.25) is 0 Å². The Morgan fingerprint density at radius 1 is 1.50 bits per heavy atom. The molecule has 0 fully saturated rings. The van der Waals surface area contributed by atoms with Crippen LogP contribution >= 0.6 is 0 Å². The second-order valence-corrected chi connectivity index (χ2v) is 4.01. The molecule has 1 aromatic rings. The van der Waals surface area contributed by atoms with Crippen molar-refractivity contribution >= 4 is 5.91 Å². The van der Waals surface area contributed by atoms with Gasteiger partial charge in [0, 0.05) is 11.1 Å². The van der Waals surface area contributed by atoms with Crippen LogP contribution < -0.4 is 5.73 Å². The number of nitrogens with zero attached hydrogens (tertiary/aromatic N) is 1. The average molecular weight is 192 g/mol. The van der Waals surface area contributed by atoms with Crippen molar-refractivity contribution in [2.45, 2.75) is 32.6 Å². The molecule has 0 aliphatic heterocycles. The smallest absolute Gasteiger partial charge is 0.267 e. The highest BCUT2D eigenvalue weighted by Crippen LogP contribution is 2.24. The van der Waals surface area contributed by atoms with E-state index < -0.39 is 5.91 Å². The molecule has 0 unspecified atom stereocenters. The lowest BCUT2D eigenvalue weighted by atomic mass is 9.86. The lowest BCUT2D eigenvalue weighted by Crippen LogP contribution is -2.20. The molecule has 1 heterocycles. The maximum atomic E-state index is 10.9. The summed E-state index contributed by atoms with van der Waals surface area (Å²) in [7, 11) is 0. The summed E-state index contributed by atoms with van der Waals surface area (Å²) in [5.41, 5.74) is 6.41. The molecule has 0 spiro atoms. The van der Waals surface area contributed by atoms with E-state index in [2.05, 4.69) is 25.8 Å². The van der Waals surface area contributed by atoms with E-state index in [1.807, 2.05) is 12.1 Å². The molecule has 0 aliphatic carbocycles. The number of aromatic nitrogens is 1. The summed E-state index contributed by atoms with van der Waals surface area (Å²) in [5.74, 6) is -0.473. The first-order chi connectivity index (χ1) is 6.47. The van der Waals surface area contributed by atoms with E-state index in [-0.39, 0.29) is 5.41 Å². The lowest BCUT2D eigenvalue weighted by molar-refractivity contribution is 0.0995. The number of primary amides is 1. The Hall–Kier alpha value is -1.38. The van der Waals surface area contributed by atoms with E-state index in [0.29, 0.717) is 5.69 Å². The van der Waals surface area contributed by atoms with Crippen molar-refractivity contribution in [3.05, 3.63) is 29.6 Å². The quantitative estimate of drug-likeness (QED) is 0.794. The molecule has 0 radical (unpaired) electrons. The standard InChI is InChI=1S/C11H16N2O/c1-4-11(2,3)9-7-5-6-8(13-9)10(12)14/h5-7H,4H2,1-3H3,(H2,12,14). The van der Waals surface area contributed by atoms with Crippen LogP contribution in [-0.2, 0) is 5.41 Å². The molecule has 1 amide bonds. The van der Waals surface area contributed by atoms with E-state index in [4.69, 9.17) is 5.73 Å². The Labute approximate surface area is 84.3 Å². The molecule has 0 aliphatic rings. The van der Waals surface area contributed by atoms with Crippen molar-refractivity contribution in [2.75, 3.05) is 0 Å². The van der Waals surface area contributed by atoms with Crippen LogP contribution in [0.4, 0.5) is 0 Å². The van der Waals surface area contributed by atoms with Crippen molar-refractivity contribution < 1.29 is 4.79 Å². The van der Waals surface area contributed by atoms with Gasteiger partial charge in [-0.3, -0.25) is 4.79 Å². The number of rotatable bonds is 3. The van der Waals surface area contributed by atoms with Gasteiger partial charge in [0.15, 0.2) is 0 Å². The average Bonchev–Trinajstić information content (AvgIpc) is 2.18. The minimum atomic E-state index is -0.473. The number of amides is 1. The van der Waals surface area contributed by atoms with Crippen LogP contribution in [0.25, 0.3) is 0 Å². The molecule has 1 aromatic heterocycles. The van der Waals surface area contributed by atoms with Gasteiger partial charge in [-0.15, -0.1) is 0 Å². The Balaban J connectivity index is 3.12. The Bertz CT molecular complexity index is 345. The second kappa shape index (κ2) is 3.78. The van der Waals surface area contributed by atoms with Crippen LogP contribution in [0.1, 0.15) is 43.4 Å². The summed E-state index contributed by atoms with van der Waals surface area (Å²) in [4.78, 5) is 15.2. The van der Waals surface area contributed by atoms with Gasteiger partial charge in [-0.1, -0.05) is 26.8 Å². The SMILES string of the molecule is CCC(C)(C)c1cccc(C(N)=O)n1. The molecule has 2 N–H and O–H groups in total. The monoisotopic (exact) mass is 192 g/mol. The van der Waals surface area contributed by atoms with Crippen molar-refractivity contribution in [3.63, 3.8) is 0 Å². The Kier molecular flexibility index (Phi) is 2.89. The maximum absolute atomic E-state index is 10.9. The largest absolute Gasteiger partial charge is 0.364 e. The molecule has 14 heavy (non-hydrogen) atoms. The first-order valence-electron chi connectivity index (χ1n) is 4.74. The molecule has 1 rings (SSSR count). The third-order valence-corrected chi connectivity index (χ3v) is 2.58. The van der Waals surface area contributed by atoms with E-state index in [1.54, 1.807) is 6.07 Å². The highest BCUT2D eigenvalue weighted by atomic mass is 16.1. The van der Waals surface area contributed by atoms with Crippen LogP contribution in [-0.4, -0.2) is 10.9 Å². The summed E-state index contributed by atoms with van der Waals surface area (Å²) >= 11 is 0. The van der Waals surface area contributed by atoms with Crippen LogP contribution in [0.5, 0.6) is 0 Å². The van der Waals surface area contributed by atoms with Gasteiger partial charge in [-0.2, -0.15) is 0 Å². The predicted octanol–water partition coefficient (Wildman–Crippen LogP) is 1.87.